The molecule has 4 rings (SSSR count). The van der Waals surface area contributed by atoms with Gasteiger partial charge in [-0.1, -0.05) is 12.1 Å². The number of ether oxygens (including phenoxy) is 1. The molecule has 1 atom stereocenters. The molecule has 1 aliphatic heterocycles. The SMILES string of the molecule is CCOc1ccc([C@@H]2CCCN2C(=O)c2ccc(S(=O)(=O)NCc3ccco3)cc2)cc1. The molecule has 1 fully saturated rings. The van der Waals surface area contributed by atoms with Gasteiger partial charge in [0, 0.05) is 12.1 Å². The fourth-order valence-corrected chi connectivity index (χ4v) is 4.91. The van der Waals surface area contributed by atoms with Crippen LogP contribution < -0.4 is 9.46 Å². The van der Waals surface area contributed by atoms with Crippen LogP contribution in [-0.2, 0) is 16.6 Å². The van der Waals surface area contributed by atoms with Gasteiger partial charge in [0.15, 0.2) is 0 Å². The average molecular weight is 455 g/mol. The van der Waals surface area contributed by atoms with Crippen molar-refractivity contribution in [3.05, 3.63) is 83.8 Å². The molecule has 1 amide bonds. The molecule has 1 saturated heterocycles. The Hall–Kier alpha value is -3.10. The van der Waals surface area contributed by atoms with E-state index in [4.69, 9.17) is 9.15 Å². The number of carbonyl (C=O) groups is 1. The summed E-state index contributed by atoms with van der Waals surface area (Å²) in [5.41, 5.74) is 1.54. The maximum atomic E-state index is 13.2. The second kappa shape index (κ2) is 9.58. The number of amides is 1. The minimum atomic E-state index is -3.71. The first-order valence-corrected chi connectivity index (χ1v) is 12.1. The highest BCUT2D eigenvalue weighted by molar-refractivity contribution is 7.89. The number of nitrogens with one attached hydrogen (secondary N) is 1. The first-order valence-electron chi connectivity index (χ1n) is 10.6. The lowest BCUT2D eigenvalue weighted by molar-refractivity contribution is 0.0735. The van der Waals surface area contributed by atoms with E-state index in [0.717, 1.165) is 24.2 Å². The minimum absolute atomic E-state index is 0.00320. The fourth-order valence-electron chi connectivity index (χ4n) is 3.91. The molecular formula is C24H26N2O5S. The van der Waals surface area contributed by atoms with Crippen molar-refractivity contribution in [1.82, 2.24) is 9.62 Å². The van der Waals surface area contributed by atoms with Crippen LogP contribution in [0.3, 0.4) is 0 Å². The number of likely N-dealkylation sites (tertiary alicyclic amines) is 1. The molecule has 1 aliphatic rings. The van der Waals surface area contributed by atoms with E-state index in [0.29, 0.717) is 24.5 Å². The summed E-state index contributed by atoms with van der Waals surface area (Å²) >= 11 is 0. The molecule has 2 heterocycles. The predicted octanol–water partition coefficient (Wildman–Crippen LogP) is 4.13. The van der Waals surface area contributed by atoms with Crippen molar-refractivity contribution in [2.24, 2.45) is 0 Å². The topological polar surface area (TPSA) is 88.8 Å². The van der Waals surface area contributed by atoms with E-state index in [1.807, 2.05) is 36.1 Å². The largest absolute Gasteiger partial charge is 0.494 e. The number of hydrogen-bond donors (Lipinski definition) is 1. The lowest BCUT2D eigenvalue weighted by Gasteiger charge is -2.25. The Kier molecular flexibility index (Phi) is 6.62. The van der Waals surface area contributed by atoms with Crippen molar-refractivity contribution in [3.8, 4) is 5.75 Å². The Morgan fingerprint density at radius 3 is 2.53 bits per heavy atom. The summed E-state index contributed by atoms with van der Waals surface area (Å²) in [7, 11) is -3.71. The number of sulfonamides is 1. The molecule has 168 valence electrons. The summed E-state index contributed by atoms with van der Waals surface area (Å²) in [6.45, 7) is 3.28. The van der Waals surface area contributed by atoms with Crippen molar-refractivity contribution >= 4 is 15.9 Å². The molecule has 8 heteroatoms. The van der Waals surface area contributed by atoms with Crippen LogP contribution >= 0.6 is 0 Å². The second-order valence-corrected chi connectivity index (χ2v) is 9.35. The Balaban J connectivity index is 1.45. The van der Waals surface area contributed by atoms with E-state index in [2.05, 4.69) is 4.72 Å². The van der Waals surface area contributed by atoms with Gasteiger partial charge in [0.25, 0.3) is 5.91 Å². The van der Waals surface area contributed by atoms with Crippen LogP contribution in [0.2, 0.25) is 0 Å². The first-order chi connectivity index (χ1) is 15.5. The zero-order valence-corrected chi connectivity index (χ0v) is 18.7. The molecule has 0 unspecified atom stereocenters. The summed E-state index contributed by atoms with van der Waals surface area (Å²) in [5.74, 6) is 1.23. The summed E-state index contributed by atoms with van der Waals surface area (Å²) < 4.78 is 38.2. The predicted molar refractivity (Wildman–Crippen MR) is 120 cm³/mol. The number of hydrogen-bond acceptors (Lipinski definition) is 5. The molecule has 7 nitrogen and oxygen atoms in total. The molecule has 0 saturated carbocycles. The van der Waals surface area contributed by atoms with Gasteiger partial charge in [-0.15, -0.1) is 0 Å². The van der Waals surface area contributed by atoms with Gasteiger partial charge >= 0.3 is 0 Å². The van der Waals surface area contributed by atoms with Gasteiger partial charge in [0.1, 0.15) is 11.5 Å². The quantitative estimate of drug-likeness (QED) is 0.553. The highest BCUT2D eigenvalue weighted by atomic mass is 32.2. The van der Waals surface area contributed by atoms with Crippen molar-refractivity contribution < 1.29 is 22.4 Å². The molecule has 0 bridgehead atoms. The molecule has 3 aromatic rings. The normalized spacial score (nSPS) is 16.3. The summed E-state index contributed by atoms with van der Waals surface area (Å²) in [6.07, 6.45) is 3.30. The maximum Gasteiger partial charge on any atom is 0.254 e. The third kappa shape index (κ3) is 4.87. The van der Waals surface area contributed by atoms with Crippen LogP contribution in [0.25, 0.3) is 0 Å². The molecule has 0 aliphatic carbocycles. The van der Waals surface area contributed by atoms with E-state index >= 15 is 0 Å². The van der Waals surface area contributed by atoms with Crippen LogP contribution in [-0.4, -0.2) is 32.4 Å². The molecule has 0 spiro atoms. The Morgan fingerprint density at radius 1 is 1.12 bits per heavy atom. The monoisotopic (exact) mass is 454 g/mol. The fraction of sp³-hybridized carbons (Fsp3) is 0.292. The maximum absolute atomic E-state index is 13.2. The summed E-state index contributed by atoms with van der Waals surface area (Å²) in [4.78, 5) is 15.1. The van der Waals surface area contributed by atoms with E-state index in [9.17, 15) is 13.2 Å². The smallest absolute Gasteiger partial charge is 0.254 e. The third-order valence-electron chi connectivity index (χ3n) is 5.52. The van der Waals surface area contributed by atoms with Crippen LogP contribution in [0.4, 0.5) is 0 Å². The number of furan rings is 1. The highest BCUT2D eigenvalue weighted by Crippen LogP contribution is 2.34. The van der Waals surface area contributed by atoms with Gasteiger partial charge in [0.2, 0.25) is 10.0 Å². The van der Waals surface area contributed by atoms with Crippen molar-refractivity contribution in [2.45, 2.75) is 37.2 Å². The summed E-state index contributed by atoms with van der Waals surface area (Å²) in [6, 6.07) is 17.3. The zero-order valence-electron chi connectivity index (χ0n) is 17.9. The molecule has 32 heavy (non-hydrogen) atoms. The van der Waals surface area contributed by atoms with Crippen molar-refractivity contribution in [3.63, 3.8) is 0 Å². The minimum Gasteiger partial charge on any atom is -0.494 e. The van der Waals surface area contributed by atoms with Crippen molar-refractivity contribution in [2.75, 3.05) is 13.2 Å². The standard InChI is InChI=1S/C24H26N2O5S/c1-2-30-20-11-7-18(8-12-20)23-6-3-15-26(23)24(27)19-9-13-22(14-10-19)32(28,29)25-17-21-5-4-16-31-21/h4-5,7-14,16,23,25H,2-3,6,15,17H2,1H3/t23-/m0/s1. The Bertz CT molecular complexity index is 1140. The number of nitrogens with zero attached hydrogens (tertiary/aromatic N) is 1. The molecule has 0 radical (unpaired) electrons. The summed E-state index contributed by atoms with van der Waals surface area (Å²) in [5, 5.41) is 0. The van der Waals surface area contributed by atoms with Gasteiger partial charge in [-0.2, -0.15) is 0 Å². The molecule has 2 aromatic carbocycles. The third-order valence-corrected chi connectivity index (χ3v) is 6.93. The van der Waals surface area contributed by atoms with Gasteiger partial charge in [-0.25, -0.2) is 13.1 Å². The van der Waals surface area contributed by atoms with Gasteiger partial charge in [-0.05, 0) is 73.9 Å². The number of rotatable bonds is 8. The molecular weight excluding hydrogens is 428 g/mol. The molecule has 1 N–H and O–H groups in total. The van der Waals surface area contributed by atoms with Gasteiger partial charge in [0.05, 0.1) is 30.4 Å². The van der Waals surface area contributed by atoms with Crippen LogP contribution in [0.1, 0.15) is 47.5 Å². The average Bonchev–Trinajstić information content (AvgIpc) is 3.50. The van der Waals surface area contributed by atoms with Gasteiger partial charge < -0.3 is 14.1 Å². The van der Waals surface area contributed by atoms with Crippen LogP contribution in [0.15, 0.2) is 76.2 Å². The lowest BCUT2D eigenvalue weighted by Crippen LogP contribution is -2.30. The van der Waals surface area contributed by atoms with Gasteiger partial charge in [-0.3, -0.25) is 4.79 Å². The highest BCUT2D eigenvalue weighted by Gasteiger charge is 2.30. The van der Waals surface area contributed by atoms with Crippen molar-refractivity contribution in [1.29, 1.82) is 0 Å². The first kappa shape index (κ1) is 22.1. The number of carbonyl (C=O) groups excluding carboxylic acids is 1. The van der Waals surface area contributed by atoms with Crippen LogP contribution in [0.5, 0.6) is 5.75 Å². The Morgan fingerprint density at radius 2 is 1.88 bits per heavy atom. The van der Waals surface area contributed by atoms with E-state index in [1.165, 1.54) is 18.4 Å². The van der Waals surface area contributed by atoms with Crippen LogP contribution in [0, 0.1) is 0 Å². The van der Waals surface area contributed by atoms with E-state index in [-0.39, 0.29) is 23.4 Å². The zero-order chi connectivity index (χ0) is 22.6. The number of benzene rings is 2. The lowest BCUT2D eigenvalue weighted by atomic mass is 10.0. The Labute approximate surface area is 188 Å². The molecule has 1 aromatic heterocycles. The second-order valence-electron chi connectivity index (χ2n) is 7.59. The van der Waals surface area contributed by atoms with E-state index < -0.39 is 10.0 Å². The van der Waals surface area contributed by atoms with E-state index in [1.54, 1.807) is 24.3 Å².